The molecule has 0 bridgehead atoms. The highest BCUT2D eigenvalue weighted by Crippen LogP contribution is 2.14. The van der Waals surface area contributed by atoms with Crippen LogP contribution in [-0.4, -0.2) is 63.0 Å². The Morgan fingerprint density at radius 1 is 0.411 bits per heavy atom. The number of nitrogens with zero attached hydrogens (tertiary/aromatic N) is 1. The van der Waals surface area contributed by atoms with Gasteiger partial charge in [-0.25, -0.2) is 0 Å². The highest BCUT2D eigenvalue weighted by Gasteiger charge is 2.25. The van der Waals surface area contributed by atoms with Gasteiger partial charge in [0.05, 0.1) is 13.2 Å². The molecule has 0 saturated heterocycles. The Morgan fingerprint density at radius 2 is 0.786 bits per heavy atom. The number of hydrogen-bond acceptors (Lipinski definition) is 4. The average molecular weight is 790 g/mol. The summed E-state index contributed by atoms with van der Waals surface area (Å²) in [6.07, 6.45) is 52.7. The lowest BCUT2D eigenvalue weighted by Gasteiger charge is -2.27. The fourth-order valence-corrected chi connectivity index (χ4v) is 7.35. The minimum absolute atomic E-state index is 0.0869. The molecule has 0 aromatic heterocycles. The molecule has 1 atom stereocenters. The fraction of sp³-hybridized carbons (Fsp3) is 0.902. The van der Waals surface area contributed by atoms with E-state index in [0.717, 1.165) is 32.2 Å². The SMILES string of the molecule is CCCCCCCC/C=C\CCCCCCCCOCC(OCCCCCCCC/C=C\CCCCCCCC)C(=O)N(CCCCCCCC)CCOCC. The van der Waals surface area contributed by atoms with Gasteiger partial charge in [-0.3, -0.25) is 4.79 Å². The van der Waals surface area contributed by atoms with Crippen molar-refractivity contribution >= 4 is 5.91 Å². The maximum atomic E-state index is 13.9. The Hall–Kier alpha value is -1.17. The molecule has 0 aromatic rings. The first kappa shape index (κ1) is 54.8. The number of ether oxygens (including phenoxy) is 3. The van der Waals surface area contributed by atoms with Crippen molar-refractivity contribution in [3.63, 3.8) is 0 Å². The first-order valence-electron chi connectivity index (χ1n) is 25.1. The van der Waals surface area contributed by atoms with E-state index in [2.05, 4.69) is 45.1 Å². The van der Waals surface area contributed by atoms with Crippen LogP contribution in [0.25, 0.3) is 0 Å². The minimum Gasteiger partial charge on any atom is -0.380 e. The van der Waals surface area contributed by atoms with Crippen LogP contribution in [0.2, 0.25) is 0 Å². The Kier molecular flexibility index (Phi) is 47.2. The summed E-state index contributed by atoms with van der Waals surface area (Å²) in [5, 5.41) is 0. The molecule has 5 nitrogen and oxygen atoms in total. The maximum absolute atomic E-state index is 13.9. The van der Waals surface area contributed by atoms with Crippen LogP contribution in [0.15, 0.2) is 24.3 Å². The number of unbranched alkanes of at least 4 members (excludes halogenated alkanes) is 29. The van der Waals surface area contributed by atoms with Gasteiger partial charge in [0.15, 0.2) is 6.10 Å². The summed E-state index contributed by atoms with van der Waals surface area (Å²) in [5.74, 6) is 0.0869. The van der Waals surface area contributed by atoms with Crippen molar-refractivity contribution in [2.24, 2.45) is 0 Å². The summed E-state index contributed by atoms with van der Waals surface area (Å²) in [6, 6.07) is 0. The maximum Gasteiger partial charge on any atom is 0.254 e. The lowest BCUT2D eigenvalue weighted by atomic mass is 10.1. The van der Waals surface area contributed by atoms with Gasteiger partial charge in [0, 0.05) is 32.9 Å². The zero-order chi connectivity index (χ0) is 40.7. The third kappa shape index (κ3) is 41.0. The van der Waals surface area contributed by atoms with E-state index >= 15 is 0 Å². The fourth-order valence-electron chi connectivity index (χ4n) is 7.35. The highest BCUT2D eigenvalue weighted by molar-refractivity contribution is 5.81. The number of carbonyl (C=O) groups is 1. The lowest BCUT2D eigenvalue weighted by Crippen LogP contribution is -2.45. The predicted molar refractivity (Wildman–Crippen MR) is 246 cm³/mol. The average Bonchev–Trinajstić information content (AvgIpc) is 3.21. The molecule has 0 spiro atoms. The molecule has 0 heterocycles. The van der Waals surface area contributed by atoms with Gasteiger partial charge >= 0.3 is 0 Å². The topological polar surface area (TPSA) is 48.0 Å². The second-order valence-corrected chi connectivity index (χ2v) is 16.6. The molecule has 0 fully saturated rings. The van der Waals surface area contributed by atoms with Crippen molar-refractivity contribution in [1.29, 1.82) is 0 Å². The van der Waals surface area contributed by atoms with Crippen LogP contribution in [0, 0.1) is 0 Å². The summed E-state index contributed by atoms with van der Waals surface area (Å²) in [6.45, 7) is 13.2. The zero-order valence-corrected chi connectivity index (χ0v) is 38.5. The molecule has 56 heavy (non-hydrogen) atoms. The molecular weight excluding hydrogens is 691 g/mol. The van der Waals surface area contributed by atoms with Gasteiger partial charge in [-0.15, -0.1) is 0 Å². The molecule has 5 heteroatoms. The van der Waals surface area contributed by atoms with E-state index in [-0.39, 0.29) is 5.91 Å². The van der Waals surface area contributed by atoms with E-state index < -0.39 is 6.10 Å². The standard InChI is InChI=1S/C51H99NO4/c1-5-9-12-15-18-20-22-24-26-28-30-32-34-36-39-42-46-55-49-50(51(53)52(45-48-54-8-4)44-41-38-17-14-11-7-3)56-47-43-40-37-35-33-31-29-27-25-23-21-19-16-13-10-6-2/h24-27,50H,5-23,28-49H2,1-4H3/b26-24-,27-25-. The van der Waals surface area contributed by atoms with E-state index in [1.54, 1.807) is 0 Å². The Balaban J connectivity index is 4.47. The van der Waals surface area contributed by atoms with Gasteiger partial charge in [0.25, 0.3) is 5.91 Å². The lowest BCUT2D eigenvalue weighted by molar-refractivity contribution is -0.149. The number of amides is 1. The summed E-state index contributed by atoms with van der Waals surface area (Å²) in [7, 11) is 0. The van der Waals surface area contributed by atoms with E-state index in [4.69, 9.17) is 14.2 Å². The van der Waals surface area contributed by atoms with Gasteiger partial charge in [0.1, 0.15) is 0 Å². The van der Waals surface area contributed by atoms with Crippen molar-refractivity contribution in [2.75, 3.05) is 46.1 Å². The van der Waals surface area contributed by atoms with Gasteiger partial charge in [-0.2, -0.15) is 0 Å². The number of rotatable bonds is 47. The van der Waals surface area contributed by atoms with Crippen LogP contribution in [-0.2, 0) is 19.0 Å². The third-order valence-corrected chi connectivity index (χ3v) is 11.1. The highest BCUT2D eigenvalue weighted by atomic mass is 16.5. The van der Waals surface area contributed by atoms with Crippen LogP contribution >= 0.6 is 0 Å². The molecule has 0 aliphatic carbocycles. The molecule has 0 aromatic carbocycles. The minimum atomic E-state index is -0.519. The Morgan fingerprint density at radius 3 is 1.21 bits per heavy atom. The monoisotopic (exact) mass is 790 g/mol. The van der Waals surface area contributed by atoms with Crippen LogP contribution in [0.1, 0.15) is 246 Å². The van der Waals surface area contributed by atoms with Crippen LogP contribution in [0.3, 0.4) is 0 Å². The van der Waals surface area contributed by atoms with E-state index in [9.17, 15) is 4.79 Å². The second-order valence-electron chi connectivity index (χ2n) is 16.6. The summed E-state index contributed by atoms with van der Waals surface area (Å²) in [5.41, 5.74) is 0. The molecule has 0 radical (unpaired) electrons. The molecule has 0 aliphatic heterocycles. The van der Waals surface area contributed by atoms with Crippen molar-refractivity contribution in [1.82, 2.24) is 4.90 Å². The molecular formula is C51H99NO4. The molecule has 0 saturated carbocycles. The summed E-state index contributed by atoms with van der Waals surface area (Å²) < 4.78 is 18.2. The van der Waals surface area contributed by atoms with Crippen LogP contribution in [0.5, 0.6) is 0 Å². The van der Waals surface area contributed by atoms with Gasteiger partial charge in [0.2, 0.25) is 0 Å². The smallest absolute Gasteiger partial charge is 0.254 e. The first-order valence-corrected chi connectivity index (χ1v) is 25.1. The Bertz CT molecular complexity index is 814. The number of carbonyl (C=O) groups excluding carboxylic acids is 1. The summed E-state index contributed by atoms with van der Waals surface area (Å²) in [4.78, 5) is 15.9. The van der Waals surface area contributed by atoms with Gasteiger partial charge in [-0.05, 0) is 77.6 Å². The summed E-state index contributed by atoms with van der Waals surface area (Å²) >= 11 is 0. The van der Waals surface area contributed by atoms with Crippen molar-refractivity contribution in [3.8, 4) is 0 Å². The first-order chi connectivity index (χ1) is 27.7. The normalized spacial score (nSPS) is 12.4. The van der Waals surface area contributed by atoms with E-state index in [1.807, 2.05) is 11.8 Å². The second kappa shape index (κ2) is 48.2. The van der Waals surface area contributed by atoms with Crippen molar-refractivity contribution in [2.45, 2.75) is 252 Å². The number of hydrogen-bond donors (Lipinski definition) is 0. The van der Waals surface area contributed by atoms with E-state index in [1.165, 1.54) is 193 Å². The third-order valence-electron chi connectivity index (χ3n) is 11.1. The molecule has 332 valence electrons. The molecule has 0 rings (SSSR count). The quantitative estimate of drug-likeness (QED) is 0.0455. The Labute approximate surface area is 351 Å². The van der Waals surface area contributed by atoms with Gasteiger partial charge < -0.3 is 19.1 Å². The van der Waals surface area contributed by atoms with Crippen molar-refractivity contribution < 1.29 is 19.0 Å². The molecule has 0 aliphatic rings. The van der Waals surface area contributed by atoms with Crippen molar-refractivity contribution in [3.05, 3.63) is 24.3 Å². The predicted octanol–water partition coefficient (Wildman–Crippen LogP) is 15.7. The van der Waals surface area contributed by atoms with E-state index in [0.29, 0.717) is 39.6 Å². The largest absolute Gasteiger partial charge is 0.380 e. The molecule has 0 N–H and O–H groups in total. The molecule has 1 unspecified atom stereocenters. The zero-order valence-electron chi connectivity index (χ0n) is 38.5. The van der Waals surface area contributed by atoms with Gasteiger partial charge in [-0.1, -0.05) is 193 Å². The number of allylic oxidation sites excluding steroid dienone is 4. The van der Waals surface area contributed by atoms with Crippen LogP contribution in [0.4, 0.5) is 0 Å². The van der Waals surface area contributed by atoms with Crippen LogP contribution < -0.4 is 0 Å². The molecule has 1 amide bonds.